The Hall–Kier alpha value is 0.0269. The van der Waals surface area contributed by atoms with Crippen LogP contribution in [0.25, 0.3) is 0 Å². The van der Waals surface area contributed by atoms with Crippen LogP contribution >= 0.6 is 0 Å². The summed E-state index contributed by atoms with van der Waals surface area (Å²) in [4.78, 5) is 0. The predicted octanol–water partition coefficient (Wildman–Crippen LogP) is 8.52. The molecule has 0 aromatic carbocycles. The van der Waals surface area contributed by atoms with E-state index in [2.05, 4.69) is 6.92 Å². The molecule has 0 radical (unpaired) electrons. The van der Waals surface area contributed by atoms with E-state index >= 15 is 0 Å². The van der Waals surface area contributed by atoms with Crippen LogP contribution in [0.5, 0.6) is 0 Å². The molecule has 0 aliphatic rings. The lowest BCUT2D eigenvalue weighted by Crippen LogP contribution is -2.44. The van der Waals surface area contributed by atoms with Crippen LogP contribution in [0, 0.1) is 0 Å². The van der Waals surface area contributed by atoms with Crippen molar-refractivity contribution in [2.24, 2.45) is 0 Å². The predicted molar refractivity (Wildman–Crippen MR) is 125 cm³/mol. The highest BCUT2D eigenvalue weighted by Gasteiger charge is 2.45. The number of hydrogen-bond acceptors (Lipinski definition) is 3. The van der Waals surface area contributed by atoms with E-state index in [4.69, 9.17) is 13.3 Å². The van der Waals surface area contributed by atoms with Crippen molar-refractivity contribution in [3.8, 4) is 0 Å². The lowest BCUT2D eigenvalue weighted by atomic mass is 10.0. The maximum Gasteiger partial charge on any atom is 0.720 e. The molecule has 0 saturated heterocycles. The van der Waals surface area contributed by atoms with Gasteiger partial charge < -0.3 is 13.3 Å². The molecule has 1 atom stereocenters. The van der Waals surface area contributed by atoms with Crippen molar-refractivity contribution in [1.82, 2.24) is 0 Å². The molecule has 0 N–H and O–H groups in total. The van der Waals surface area contributed by atoms with Crippen molar-refractivity contribution >= 4 is 9.14 Å². The maximum atomic E-state index is 14.4. The first kappa shape index (κ1) is 29.0. The number of unbranched alkanes of at least 4 members (excludes halogenated alkanes) is 15. The molecule has 1 unspecified atom stereocenters. The fourth-order valence-corrected chi connectivity index (χ4v) is 5.24. The Morgan fingerprint density at radius 3 is 1.28 bits per heavy atom. The molecule has 0 aliphatic carbocycles. The first-order chi connectivity index (χ1) is 14.1. The van der Waals surface area contributed by atoms with Gasteiger partial charge in [0.1, 0.15) is 0 Å². The lowest BCUT2D eigenvalue weighted by Gasteiger charge is -2.23. The zero-order valence-corrected chi connectivity index (χ0v) is 21.1. The second-order valence-corrected chi connectivity index (χ2v) is 10.1. The monoisotopic (exact) mass is 434 g/mol. The Balaban J connectivity index is 3.38. The molecule has 3 nitrogen and oxygen atoms in total. The third-order valence-electron chi connectivity index (χ3n) is 5.44. The topological polar surface area (TPSA) is 27.7 Å². The third-order valence-corrected chi connectivity index (χ3v) is 7.39. The molecule has 0 aromatic rings. The summed E-state index contributed by atoms with van der Waals surface area (Å²) in [6.45, 7) is 8.31. The Morgan fingerprint density at radius 2 is 0.931 bits per heavy atom. The average Bonchev–Trinajstić information content (AvgIpc) is 2.67. The van der Waals surface area contributed by atoms with E-state index in [0.717, 1.165) is 12.8 Å². The van der Waals surface area contributed by atoms with E-state index in [1.165, 1.54) is 96.3 Å². The molecule has 0 heterocycles. The van der Waals surface area contributed by atoms with Crippen LogP contribution in [0.15, 0.2) is 0 Å². The molecule has 0 aromatic heterocycles. The SMILES string of the molecule is CCCCCCCCCCCCCCCCCCC(C)O[Si](F)(OCC)OCC. The van der Waals surface area contributed by atoms with Gasteiger partial charge in [-0.2, -0.15) is 0 Å². The lowest BCUT2D eigenvalue weighted by molar-refractivity contribution is -0.000745. The van der Waals surface area contributed by atoms with Crippen molar-refractivity contribution < 1.29 is 17.4 Å². The number of rotatable bonds is 23. The van der Waals surface area contributed by atoms with Gasteiger partial charge >= 0.3 is 9.14 Å². The van der Waals surface area contributed by atoms with E-state index in [1.54, 1.807) is 13.8 Å². The van der Waals surface area contributed by atoms with Crippen molar-refractivity contribution in [1.29, 1.82) is 0 Å². The highest BCUT2D eigenvalue weighted by molar-refractivity contribution is 6.52. The van der Waals surface area contributed by atoms with Crippen molar-refractivity contribution in [2.75, 3.05) is 13.2 Å². The molecule has 176 valence electrons. The Morgan fingerprint density at radius 1 is 0.586 bits per heavy atom. The number of hydrogen-bond donors (Lipinski definition) is 0. The molecule has 0 bridgehead atoms. The van der Waals surface area contributed by atoms with Crippen LogP contribution in [0.4, 0.5) is 4.11 Å². The first-order valence-electron chi connectivity index (χ1n) is 12.7. The quantitative estimate of drug-likeness (QED) is 0.0916. The van der Waals surface area contributed by atoms with E-state index in [9.17, 15) is 4.11 Å². The second-order valence-electron chi connectivity index (χ2n) is 8.37. The second kappa shape index (κ2) is 21.3. The average molecular weight is 435 g/mol. The zero-order chi connectivity index (χ0) is 21.6. The van der Waals surface area contributed by atoms with E-state index in [1.807, 2.05) is 6.92 Å². The maximum absolute atomic E-state index is 14.4. The smallest absolute Gasteiger partial charge is 0.348 e. The van der Waals surface area contributed by atoms with Gasteiger partial charge in [0, 0.05) is 19.3 Å². The Bertz CT molecular complexity index is 325. The van der Waals surface area contributed by atoms with Gasteiger partial charge in [-0.3, -0.25) is 0 Å². The van der Waals surface area contributed by atoms with Gasteiger partial charge in [0.15, 0.2) is 0 Å². The largest absolute Gasteiger partial charge is 0.720 e. The van der Waals surface area contributed by atoms with Crippen LogP contribution in [0.2, 0.25) is 0 Å². The first-order valence-corrected chi connectivity index (χ1v) is 14.3. The van der Waals surface area contributed by atoms with Gasteiger partial charge in [-0.15, -0.1) is 0 Å². The van der Waals surface area contributed by atoms with Crippen molar-refractivity contribution in [3.05, 3.63) is 0 Å². The highest BCUT2D eigenvalue weighted by Crippen LogP contribution is 2.18. The molecule has 5 heteroatoms. The van der Waals surface area contributed by atoms with E-state index < -0.39 is 9.14 Å². The number of halogens is 1. The minimum atomic E-state index is -3.92. The Kier molecular flexibility index (Phi) is 21.3. The summed E-state index contributed by atoms with van der Waals surface area (Å²) in [7, 11) is -3.92. The summed E-state index contributed by atoms with van der Waals surface area (Å²) in [6.07, 6.45) is 22.5. The summed E-state index contributed by atoms with van der Waals surface area (Å²) in [6, 6.07) is 0. The molecule has 0 aliphatic heterocycles. The fraction of sp³-hybridized carbons (Fsp3) is 1.00. The van der Waals surface area contributed by atoms with Gasteiger partial charge in [-0.25, -0.2) is 4.11 Å². The summed E-state index contributed by atoms with van der Waals surface area (Å²) < 4.78 is 30.1. The molecule has 0 spiro atoms. The van der Waals surface area contributed by atoms with Crippen LogP contribution in [0.1, 0.15) is 137 Å². The van der Waals surface area contributed by atoms with Crippen LogP contribution in [-0.2, 0) is 13.3 Å². The molecular weight excluding hydrogens is 383 g/mol. The minimum absolute atomic E-state index is 0.142. The molecule has 0 amide bonds. The van der Waals surface area contributed by atoms with Gasteiger partial charge in [0.25, 0.3) is 0 Å². The third kappa shape index (κ3) is 19.7. The fourth-order valence-electron chi connectivity index (χ4n) is 3.73. The summed E-state index contributed by atoms with van der Waals surface area (Å²) in [5, 5.41) is 0. The van der Waals surface area contributed by atoms with Crippen LogP contribution in [0.3, 0.4) is 0 Å². The van der Waals surface area contributed by atoms with Crippen molar-refractivity contribution in [2.45, 2.75) is 143 Å². The molecule has 0 saturated carbocycles. The highest BCUT2D eigenvalue weighted by atomic mass is 28.4. The molecule has 0 rings (SSSR count). The summed E-state index contributed by atoms with van der Waals surface area (Å²) in [5.41, 5.74) is 0. The molecule has 29 heavy (non-hydrogen) atoms. The summed E-state index contributed by atoms with van der Waals surface area (Å²) in [5.74, 6) is 0. The van der Waals surface area contributed by atoms with E-state index in [0.29, 0.717) is 0 Å². The van der Waals surface area contributed by atoms with Gasteiger partial charge in [-0.05, 0) is 27.2 Å². The zero-order valence-electron chi connectivity index (χ0n) is 20.1. The normalized spacial score (nSPS) is 13.1. The van der Waals surface area contributed by atoms with Gasteiger partial charge in [-0.1, -0.05) is 110 Å². The Labute approximate surface area is 183 Å². The minimum Gasteiger partial charge on any atom is -0.348 e. The van der Waals surface area contributed by atoms with Crippen LogP contribution in [-0.4, -0.2) is 28.5 Å². The summed E-state index contributed by atoms with van der Waals surface area (Å²) >= 11 is 0. The molecule has 0 fully saturated rings. The van der Waals surface area contributed by atoms with E-state index in [-0.39, 0.29) is 19.3 Å². The molecular formula is C24H51FO3Si. The van der Waals surface area contributed by atoms with Crippen molar-refractivity contribution in [3.63, 3.8) is 0 Å². The van der Waals surface area contributed by atoms with Gasteiger partial charge in [0.2, 0.25) is 0 Å². The van der Waals surface area contributed by atoms with Crippen LogP contribution < -0.4 is 0 Å². The standard InChI is InChI=1S/C24H51FO3Si/c1-5-8-9-10-11-12-13-14-15-16-17-18-19-20-21-22-23-24(4)28-29(25,26-6-2)27-7-3/h24H,5-23H2,1-4H3. The van der Waals surface area contributed by atoms with Gasteiger partial charge in [0.05, 0.1) is 0 Å².